The zero-order valence-electron chi connectivity index (χ0n) is 37.7. The maximum absolute atomic E-state index is 14.3. The van der Waals surface area contributed by atoms with E-state index in [-0.39, 0.29) is 50.0 Å². The molecule has 19 nitrogen and oxygen atoms in total. The minimum Gasteiger partial charge on any atom is -0.481 e. The number of rotatable bonds is 27. The van der Waals surface area contributed by atoms with Crippen LogP contribution in [0.1, 0.15) is 77.8 Å². The van der Waals surface area contributed by atoms with Gasteiger partial charge < -0.3 is 51.2 Å². The van der Waals surface area contributed by atoms with E-state index in [0.717, 1.165) is 12.5 Å². The fraction of sp³-hybridized carbons (Fsp3) is 0.565. The SMILES string of the molecule is CC(C)C[C@H](NC(=O)[C@H](CCc1ccccc1)NC(=O)CN1CCOCC1)C(=O)N[C@@H](Cc1ccccc1)C(=O)N[C@@H](CC(C)C)C(=O)[C@@](C)(O)COC(=O)CC(O)(CC(=O)O)C(=O)O. The van der Waals surface area contributed by atoms with Crippen molar-refractivity contribution in [2.75, 3.05) is 39.5 Å². The summed E-state index contributed by atoms with van der Waals surface area (Å²) in [7, 11) is 0. The van der Waals surface area contributed by atoms with Crippen molar-refractivity contribution < 1.29 is 68.3 Å². The van der Waals surface area contributed by atoms with Crippen molar-refractivity contribution in [1.29, 1.82) is 0 Å². The largest absolute Gasteiger partial charge is 0.481 e. The van der Waals surface area contributed by atoms with Gasteiger partial charge in [0.15, 0.2) is 17.0 Å². The van der Waals surface area contributed by atoms with Gasteiger partial charge in [-0.2, -0.15) is 0 Å². The zero-order valence-corrected chi connectivity index (χ0v) is 37.7. The first-order valence-corrected chi connectivity index (χ1v) is 21.8. The second kappa shape index (κ2) is 25.7. The minimum absolute atomic E-state index is 0.0221. The second-order valence-corrected chi connectivity index (χ2v) is 17.5. The minimum atomic E-state index is -3.02. The summed E-state index contributed by atoms with van der Waals surface area (Å²) in [4.78, 5) is 107. The summed E-state index contributed by atoms with van der Waals surface area (Å²) in [5.74, 6) is -8.98. The number of amides is 4. The summed E-state index contributed by atoms with van der Waals surface area (Å²) < 4.78 is 10.3. The van der Waals surface area contributed by atoms with Gasteiger partial charge in [-0.15, -0.1) is 0 Å². The molecular formula is C46H65N5O14. The number of morpholine rings is 1. The van der Waals surface area contributed by atoms with Crippen LogP contribution in [-0.2, 0) is 60.7 Å². The number of aryl methyl sites for hydroxylation is 1. The number of ether oxygens (including phenoxy) is 2. The summed E-state index contributed by atoms with van der Waals surface area (Å²) in [6.07, 6.45) is -1.89. The summed E-state index contributed by atoms with van der Waals surface area (Å²) in [5, 5.41) is 50.9. The lowest BCUT2D eigenvalue weighted by molar-refractivity contribution is -0.174. The van der Waals surface area contributed by atoms with E-state index in [9.17, 15) is 53.7 Å². The normalized spacial score (nSPS) is 16.7. The Morgan fingerprint density at radius 1 is 0.692 bits per heavy atom. The highest BCUT2D eigenvalue weighted by Gasteiger charge is 2.44. The molecule has 358 valence electrons. The highest BCUT2D eigenvalue weighted by atomic mass is 16.5. The first-order valence-electron chi connectivity index (χ1n) is 21.8. The number of carboxylic acids is 2. The molecule has 4 amide bonds. The molecule has 6 atom stereocenters. The van der Waals surface area contributed by atoms with Crippen LogP contribution >= 0.6 is 0 Å². The van der Waals surface area contributed by atoms with Crippen LogP contribution in [0.2, 0.25) is 0 Å². The number of carbonyl (C=O) groups excluding carboxylic acids is 6. The lowest BCUT2D eigenvalue weighted by atomic mass is 9.90. The van der Waals surface area contributed by atoms with Crippen molar-refractivity contribution in [1.82, 2.24) is 26.2 Å². The maximum atomic E-state index is 14.3. The molecule has 1 aliphatic rings. The number of nitrogens with zero attached hydrogens (tertiary/aromatic N) is 1. The van der Waals surface area contributed by atoms with Crippen LogP contribution in [-0.4, -0.2) is 147 Å². The molecule has 0 radical (unpaired) electrons. The van der Waals surface area contributed by atoms with Crippen LogP contribution in [0.25, 0.3) is 0 Å². The van der Waals surface area contributed by atoms with Gasteiger partial charge in [0.25, 0.3) is 0 Å². The Labute approximate surface area is 379 Å². The van der Waals surface area contributed by atoms with Crippen molar-refractivity contribution in [2.24, 2.45) is 11.8 Å². The molecule has 1 heterocycles. The molecule has 0 bridgehead atoms. The van der Waals surface area contributed by atoms with E-state index < -0.39 is 96.2 Å². The van der Waals surface area contributed by atoms with E-state index in [4.69, 9.17) is 14.6 Å². The molecule has 1 fully saturated rings. The predicted octanol–water partition coefficient (Wildman–Crippen LogP) is 0.769. The Kier molecular flexibility index (Phi) is 21.1. The first-order chi connectivity index (χ1) is 30.6. The van der Waals surface area contributed by atoms with Gasteiger partial charge in [0.1, 0.15) is 24.7 Å². The molecule has 3 rings (SSSR count). The third-order valence-electron chi connectivity index (χ3n) is 10.6. The fourth-order valence-corrected chi connectivity index (χ4v) is 7.13. The molecule has 1 aliphatic heterocycles. The number of ketones is 1. The second-order valence-electron chi connectivity index (χ2n) is 17.5. The monoisotopic (exact) mass is 911 g/mol. The molecule has 0 aromatic heterocycles. The Bertz CT molecular complexity index is 1920. The maximum Gasteiger partial charge on any atom is 0.336 e. The molecule has 65 heavy (non-hydrogen) atoms. The summed E-state index contributed by atoms with van der Waals surface area (Å²) in [6.45, 7) is 9.29. The van der Waals surface area contributed by atoms with Crippen molar-refractivity contribution in [2.45, 2.75) is 115 Å². The van der Waals surface area contributed by atoms with Gasteiger partial charge >= 0.3 is 17.9 Å². The lowest BCUT2D eigenvalue weighted by Crippen LogP contribution is -2.60. The van der Waals surface area contributed by atoms with Crippen LogP contribution in [0.5, 0.6) is 0 Å². The predicted molar refractivity (Wildman–Crippen MR) is 235 cm³/mol. The number of Topliss-reactive ketones (excluding diaryl/α,β-unsaturated/α-hetero) is 1. The van der Waals surface area contributed by atoms with Gasteiger partial charge in [-0.05, 0) is 55.6 Å². The van der Waals surface area contributed by atoms with Crippen LogP contribution in [0.4, 0.5) is 0 Å². The van der Waals surface area contributed by atoms with E-state index in [0.29, 0.717) is 38.3 Å². The van der Waals surface area contributed by atoms with Crippen molar-refractivity contribution >= 4 is 47.3 Å². The van der Waals surface area contributed by atoms with E-state index in [2.05, 4.69) is 21.3 Å². The molecule has 8 N–H and O–H groups in total. The van der Waals surface area contributed by atoms with Gasteiger partial charge in [0.05, 0.1) is 38.6 Å². The molecule has 0 saturated carbocycles. The van der Waals surface area contributed by atoms with E-state index >= 15 is 0 Å². The molecule has 2 aromatic carbocycles. The standard InChI is InChI=1S/C46H65N5O14/c1-29(2)22-34(40(56)45(5,62)28-65-39(55)26-46(63,44(60)61)25-38(53)54)48-43(59)36(24-32-14-10-7-11-15-32)50-42(58)35(23-30(3)4)49-41(57)33(17-16-31-12-8-6-9-13-31)47-37(52)27-51-18-20-64-21-19-51/h6-15,29-30,33-36,62-63H,16-28H2,1-5H3,(H,47,52)(H,48,59)(H,49,57)(H,50,58)(H,53,54)(H,60,61)/t33-,34-,35-,36-,45-,46?/m0/s1. The highest BCUT2D eigenvalue weighted by Crippen LogP contribution is 2.20. The Morgan fingerprint density at radius 3 is 1.75 bits per heavy atom. The number of carbonyl (C=O) groups is 8. The van der Waals surface area contributed by atoms with Gasteiger partial charge in [0.2, 0.25) is 23.6 Å². The molecule has 0 aliphatic carbocycles. The van der Waals surface area contributed by atoms with Crippen LogP contribution < -0.4 is 21.3 Å². The number of aliphatic hydroxyl groups is 2. The number of hydrogen-bond acceptors (Lipinski definition) is 13. The van der Waals surface area contributed by atoms with Crippen molar-refractivity contribution in [3.05, 3.63) is 71.8 Å². The smallest absolute Gasteiger partial charge is 0.336 e. The van der Waals surface area contributed by atoms with Gasteiger partial charge in [0, 0.05) is 19.5 Å². The van der Waals surface area contributed by atoms with Gasteiger partial charge in [-0.25, -0.2) is 4.79 Å². The summed E-state index contributed by atoms with van der Waals surface area (Å²) in [5.41, 5.74) is -3.92. The van der Waals surface area contributed by atoms with E-state index in [1.54, 1.807) is 44.2 Å². The molecule has 2 aromatic rings. The van der Waals surface area contributed by atoms with Crippen LogP contribution in [0.3, 0.4) is 0 Å². The van der Waals surface area contributed by atoms with Crippen molar-refractivity contribution in [3.63, 3.8) is 0 Å². The quantitative estimate of drug-likeness (QED) is 0.0575. The number of carboxylic acid groups (broad SMARTS) is 2. The summed E-state index contributed by atoms with van der Waals surface area (Å²) >= 11 is 0. The van der Waals surface area contributed by atoms with Gasteiger partial charge in [-0.1, -0.05) is 88.4 Å². The van der Waals surface area contributed by atoms with Gasteiger partial charge in [-0.3, -0.25) is 38.5 Å². The number of nitrogens with one attached hydrogen (secondary N) is 4. The average molecular weight is 912 g/mol. The first kappa shape index (κ1) is 53.6. The molecule has 0 spiro atoms. The van der Waals surface area contributed by atoms with E-state index in [1.807, 2.05) is 49.1 Å². The molecule has 1 saturated heterocycles. The average Bonchev–Trinajstić information content (AvgIpc) is 3.23. The topological polar surface area (TPSA) is 287 Å². The molecular weight excluding hydrogens is 847 g/mol. The Hall–Kier alpha value is -5.76. The highest BCUT2D eigenvalue weighted by molar-refractivity contribution is 5.98. The number of esters is 1. The third kappa shape index (κ3) is 18.7. The lowest BCUT2D eigenvalue weighted by Gasteiger charge is -2.31. The Morgan fingerprint density at radius 2 is 1.20 bits per heavy atom. The fourth-order valence-electron chi connectivity index (χ4n) is 7.13. The number of hydrogen-bond donors (Lipinski definition) is 8. The van der Waals surface area contributed by atoms with E-state index in [1.165, 1.54) is 0 Å². The molecule has 1 unspecified atom stereocenters. The molecule has 19 heteroatoms. The summed E-state index contributed by atoms with van der Waals surface area (Å²) in [6, 6.07) is 13.2. The van der Waals surface area contributed by atoms with Crippen LogP contribution in [0, 0.1) is 11.8 Å². The Balaban J connectivity index is 1.84. The number of benzene rings is 2. The van der Waals surface area contributed by atoms with Crippen molar-refractivity contribution in [3.8, 4) is 0 Å². The number of aliphatic carboxylic acids is 2. The zero-order chi connectivity index (χ0) is 48.3. The van der Waals surface area contributed by atoms with Crippen LogP contribution in [0.15, 0.2) is 60.7 Å². The third-order valence-corrected chi connectivity index (χ3v) is 10.6.